The molecular formula is C16H16N4OS. The summed E-state index contributed by atoms with van der Waals surface area (Å²) in [4.78, 5) is 9.00. The van der Waals surface area contributed by atoms with Crippen LogP contribution in [-0.2, 0) is 6.54 Å². The van der Waals surface area contributed by atoms with Crippen molar-refractivity contribution in [1.29, 1.82) is 0 Å². The van der Waals surface area contributed by atoms with Crippen LogP contribution in [0.1, 0.15) is 12.2 Å². The number of furan rings is 1. The molecule has 0 amide bonds. The Morgan fingerprint density at radius 2 is 2.18 bits per heavy atom. The Labute approximate surface area is 132 Å². The van der Waals surface area contributed by atoms with Crippen molar-refractivity contribution in [2.24, 2.45) is 4.99 Å². The zero-order chi connectivity index (χ0) is 14.8. The highest BCUT2D eigenvalue weighted by atomic mass is 32.1. The van der Waals surface area contributed by atoms with Gasteiger partial charge in [0.15, 0.2) is 16.7 Å². The van der Waals surface area contributed by atoms with Crippen LogP contribution in [0.25, 0.3) is 21.0 Å². The fraction of sp³-hybridized carbons (Fsp3) is 0.250. The molecule has 0 fully saturated rings. The molecule has 0 atom stereocenters. The predicted molar refractivity (Wildman–Crippen MR) is 89.1 cm³/mol. The lowest BCUT2D eigenvalue weighted by Gasteiger charge is -2.15. The highest BCUT2D eigenvalue weighted by molar-refractivity contribution is 7.21. The molecule has 4 rings (SSSR count). The molecule has 5 nitrogen and oxygen atoms in total. The predicted octanol–water partition coefficient (Wildman–Crippen LogP) is 3.00. The lowest BCUT2D eigenvalue weighted by atomic mass is 10.3. The van der Waals surface area contributed by atoms with Crippen molar-refractivity contribution in [3.63, 3.8) is 0 Å². The standard InChI is InChI=1S/C16H16N4OS/c1-2-5-14-12(4-1)20-15(22-14)13-7-6-11(21-13)10-19-16-17-8-3-9-18-16/h1-2,4-7H,3,8-10H2,(H2,17,18,19). The van der Waals surface area contributed by atoms with E-state index in [1.165, 1.54) is 4.70 Å². The minimum atomic E-state index is 0.622. The van der Waals surface area contributed by atoms with Crippen LogP contribution in [0, 0.1) is 0 Å². The summed E-state index contributed by atoms with van der Waals surface area (Å²) in [5.41, 5.74) is 1.01. The summed E-state index contributed by atoms with van der Waals surface area (Å²) in [5, 5.41) is 7.41. The van der Waals surface area contributed by atoms with Gasteiger partial charge in [-0.15, -0.1) is 11.3 Å². The molecule has 2 N–H and O–H groups in total. The van der Waals surface area contributed by atoms with E-state index in [1.807, 2.05) is 30.3 Å². The number of nitrogens with zero attached hydrogens (tertiary/aromatic N) is 2. The average molecular weight is 312 g/mol. The van der Waals surface area contributed by atoms with E-state index in [2.05, 4.69) is 26.7 Å². The molecule has 0 aliphatic carbocycles. The van der Waals surface area contributed by atoms with Gasteiger partial charge in [-0.2, -0.15) is 0 Å². The van der Waals surface area contributed by atoms with Crippen molar-refractivity contribution >= 4 is 27.5 Å². The van der Waals surface area contributed by atoms with E-state index in [1.54, 1.807) is 11.3 Å². The Kier molecular flexibility index (Phi) is 3.52. The number of para-hydroxylation sites is 1. The van der Waals surface area contributed by atoms with Gasteiger partial charge in [0.05, 0.1) is 16.8 Å². The maximum absolute atomic E-state index is 5.89. The number of aliphatic imine (C=N–C) groups is 1. The van der Waals surface area contributed by atoms with Gasteiger partial charge in [-0.3, -0.25) is 4.99 Å². The number of guanidine groups is 1. The first-order valence-corrected chi connectivity index (χ1v) is 8.17. The number of fused-ring (bicyclic) bond motifs is 1. The van der Waals surface area contributed by atoms with Crippen molar-refractivity contribution in [3.8, 4) is 10.8 Å². The summed E-state index contributed by atoms with van der Waals surface area (Å²) in [5.74, 6) is 2.55. The van der Waals surface area contributed by atoms with Crippen molar-refractivity contribution in [2.45, 2.75) is 13.0 Å². The Hall–Kier alpha value is -2.34. The van der Waals surface area contributed by atoms with Gasteiger partial charge in [-0.25, -0.2) is 4.98 Å². The summed E-state index contributed by atoms with van der Waals surface area (Å²) in [6, 6.07) is 12.1. The Balaban J connectivity index is 1.49. The van der Waals surface area contributed by atoms with Crippen LogP contribution in [0.2, 0.25) is 0 Å². The van der Waals surface area contributed by atoms with E-state index in [0.29, 0.717) is 6.54 Å². The topological polar surface area (TPSA) is 62.5 Å². The minimum absolute atomic E-state index is 0.622. The van der Waals surface area contributed by atoms with Gasteiger partial charge in [0.25, 0.3) is 0 Å². The van der Waals surface area contributed by atoms with Crippen LogP contribution in [0.5, 0.6) is 0 Å². The molecule has 0 bridgehead atoms. The van der Waals surface area contributed by atoms with Crippen LogP contribution in [0.4, 0.5) is 0 Å². The summed E-state index contributed by atoms with van der Waals surface area (Å²) in [7, 11) is 0. The van der Waals surface area contributed by atoms with E-state index in [0.717, 1.165) is 47.5 Å². The number of thiazole rings is 1. The molecule has 2 aromatic heterocycles. The van der Waals surface area contributed by atoms with Crippen molar-refractivity contribution < 1.29 is 4.42 Å². The first kappa shape index (κ1) is 13.3. The third-order valence-corrected chi connectivity index (χ3v) is 4.54. The fourth-order valence-electron chi connectivity index (χ4n) is 2.39. The molecule has 0 spiro atoms. The van der Waals surface area contributed by atoms with E-state index >= 15 is 0 Å². The van der Waals surface area contributed by atoms with Crippen LogP contribution >= 0.6 is 11.3 Å². The number of rotatable bonds is 3. The molecule has 22 heavy (non-hydrogen) atoms. The van der Waals surface area contributed by atoms with Crippen LogP contribution < -0.4 is 10.6 Å². The lowest BCUT2D eigenvalue weighted by Crippen LogP contribution is -2.40. The minimum Gasteiger partial charge on any atom is -0.457 e. The maximum Gasteiger partial charge on any atom is 0.191 e. The fourth-order valence-corrected chi connectivity index (χ4v) is 3.31. The second-order valence-corrected chi connectivity index (χ2v) is 6.15. The number of benzene rings is 1. The molecule has 0 saturated carbocycles. The second kappa shape index (κ2) is 5.81. The van der Waals surface area contributed by atoms with E-state index in [9.17, 15) is 0 Å². The molecular weight excluding hydrogens is 296 g/mol. The summed E-state index contributed by atoms with van der Waals surface area (Å²) >= 11 is 1.65. The van der Waals surface area contributed by atoms with E-state index < -0.39 is 0 Å². The Morgan fingerprint density at radius 1 is 1.23 bits per heavy atom. The van der Waals surface area contributed by atoms with Crippen molar-refractivity contribution in [3.05, 3.63) is 42.2 Å². The number of aromatic nitrogens is 1. The normalized spacial score (nSPS) is 14.6. The second-order valence-electron chi connectivity index (χ2n) is 5.12. The van der Waals surface area contributed by atoms with Crippen LogP contribution in [0.3, 0.4) is 0 Å². The number of hydrogen-bond acceptors (Lipinski definition) is 6. The van der Waals surface area contributed by atoms with Crippen molar-refractivity contribution in [1.82, 2.24) is 15.6 Å². The quantitative estimate of drug-likeness (QED) is 0.780. The average Bonchev–Trinajstić information content (AvgIpc) is 3.20. The van der Waals surface area contributed by atoms with Crippen LogP contribution in [-0.4, -0.2) is 24.0 Å². The van der Waals surface area contributed by atoms with Crippen LogP contribution in [0.15, 0.2) is 45.8 Å². The molecule has 1 aliphatic heterocycles. The largest absolute Gasteiger partial charge is 0.457 e. The molecule has 3 heterocycles. The van der Waals surface area contributed by atoms with Gasteiger partial charge in [-0.1, -0.05) is 12.1 Å². The van der Waals surface area contributed by atoms with E-state index in [4.69, 9.17) is 4.42 Å². The Morgan fingerprint density at radius 3 is 3.05 bits per heavy atom. The molecule has 112 valence electrons. The molecule has 3 aromatic rings. The number of nitrogens with one attached hydrogen (secondary N) is 2. The zero-order valence-electron chi connectivity index (χ0n) is 12.0. The summed E-state index contributed by atoms with van der Waals surface area (Å²) in [6.45, 7) is 2.47. The highest BCUT2D eigenvalue weighted by Crippen LogP contribution is 2.30. The van der Waals surface area contributed by atoms with Crippen molar-refractivity contribution in [2.75, 3.05) is 13.1 Å². The summed E-state index contributed by atoms with van der Waals surface area (Å²) in [6.07, 6.45) is 1.09. The first-order chi connectivity index (χ1) is 10.9. The third-order valence-electron chi connectivity index (χ3n) is 3.49. The Bertz CT molecular complexity index is 787. The smallest absolute Gasteiger partial charge is 0.191 e. The molecule has 0 radical (unpaired) electrons. The van der Waals surface area contributed by atoms with Gasteiger partial charge < -0.3 is 15.1 Å². The molecule has 1 aromatic carbocycles. The lowest BCUT2D eigenvalue weighted by molar-refractivity contribution is 0.512. The molecule has 1 aliphatic rings. The summed E-state index contributed by atoms with van der Waals surface area (Å²) < 4.78 is 7.07. The molecule has 6 heteroatoms. The first-order valence-electron chi connectivity index (χ1n) is 7.35. The van der Waals surface area contributed by atoms with E-state index in [-0.39, 0.29) is 0 Å². The zero-order valence-corrected chi connectivity index (χ0v) is 12.8. The van der Waals surface area contributed by atoms with Gasteiger partial charge in [0, 0.05) is 13.1 Å². The third kappa shape index (κ3) is 2.69. The SMILES string of the molecule is c1ccc2sc(-c3ccc(CNC4=NCCCN4)o3)nc2c1. The van der Waals surface area contributed by atoms with Gasteiger partial charge in [-0.05, 0) is 30.7 Å². The van der Waals surface area contributed by atoms with Gasteiger partial charge in [0.1, 0.15) is 5.76 Å². The highest BCUT2D eigenvalue weighted by Gasteiger charge is 2.11. The molecule has 0 unspecified atom stereocenters. The maximum atomic E-state index is 5.89. The monoisotopic (exact) mass is 312 g/mol. The van der Waals surface area contributed by atoms with Gasteiger partial charge in [0.2, 0.25) is 0 Å². The van der Waals surface area contributed by atoms with Gasteiger partial charge >= 0.3 is 0 Å². The number of hydrogen-bond donors (Lipinski definition) is 2. The molecule has 0 saturated heterocycles.